The predicted octanol–water partition coefficient (Wildman–Crippen LogP) is 0.463. The lowest BCUT2D eigenvalue weighted by Crippen LogP contribution is -2.56. The summed E-state index contributed by atoms with van der Waals surface area (Å²) in [6, 6.07) is 0. The number of nitrogens with two attached hydrogens (primary N) is 1. The Balaban J connectivity index is 2.41. The van der Waals surface area contributed by atoms with E-state index in [-0.39, 0.29) is 12.1 Å². The Bertz CT molecular complexity index is 205. The van der Waals surface area contributed by atoms with E-state index in [1.807, 2.05) is 21.1 Å². The van der Waals surface area contributed by atoms with Gasteiger partial charge in [-0.25, -0.2) is 4.79 Å². The van der Waals surface area contributed by atoms with Gasteiger partial charge in [0.1, 0.15) is 6.10 Å². The molecule has 0 aromatic rings. The molecule has 1 aliphatic carbocycles. The molecule has 1 rings (SSSR count). The number of carbonyl (C=O) groups is 1. The van der Waals surface area contributed by atoms with Gasteiger partial charge in [0, 0.05) is 0 Å². The summed E-state index contributed by atoms with van der Waals surface area (Å²) < 4.78 is 5.73. The number of nitrogens with zero attached hydrogens (tertiary/aromatic N) is 1. The van der Waals surface area contributed by atoms with Crippen molar-refractivity contribution >= 4 is 5.97 Å². The van der Waals surface area contributed by atoms with E-state index in [4.69, 9.17) is 10.5 Å². The molecule has 14 heavy (non-hydrogen) atoms. The Labute approximate surface area is 85.6 Å². The maximum atomic E-state index is 11.6. The van der Waals surface area contributed by atoms with Crippen LogP contribution in [0.5, 0.6) is 0 Å². The lowest BCUT2D eigenvalue weighted by molar-refractivity contribution is -0.887. The summed E-state index contributed by atoms with van der Waals surface area (Å²) >= 11 is 0. The second-order valence-electron chi connectivity index (χ2n) is 4.90. The fraction of sp³-hybridized carbons (Fsp3) is 0.900. The van der Waals surface area contributed by atoms with Crippen LogP contribution in [0.2, 0.25) is 0 Å². The van der Waals surface area contributed by atoms with Gasteiger partial charge >= 0.3 is 5.97 Å². The number of esters is 1. The summed E-state index contributed by atoms with van der Waals surface area (Å²) in [6.07, 6.45) is 3.86. The third kappa shape index (κ3) is 2.96. The van der Waals surface area contributed by atoms with Gasteiger partial charge in [0.25, 0.3) is 0 Å². The number of rotatable bonds is 3. The van der Waals surface area contributed by atoms with Gasteiger partial charge < -0.3 is 9.22 Å². The molecule has 1 fully saturated rings. The minimum absolute atomic E-state index is 0.111. The van der Waals surface area contributed by atoms with E-state index in [0.29, 0.717) is 4.48 Å². The molecule has 0 radical (unpaired) electrons. The van der Waals surface area contributed by atoms with Crippen molar-refractivity contribution in [2.75, 3.05) is 21.1 Å². The molecule has 2 N–H and O–H groups in total. The van der Waals surface area contributed by atoms with Crippen molar-refractivity contribution in [3.63, 3.8) is 0 Å². The molecule has 0 saturated heterocycles. The van der Waals surface area contributed by atoms with Gasteiger partial charge in [-0.3, -0.25) is 5.73 Å². The molecule has 0 bridgehead atoms. The Morgan fingerprint density at radius 3 is 2.29 bits per heavy atom. The SMILES string of the molecule is C[N+](C)(C)C(N)C(=O)OC1CCCC1. The van der Waals surface area contributed by atoms with E-state index in [1.54, 1.807) is 0 Å². The van der Waals surface area contributed by atoms with Crippen LogP contribution in [0.25, 0.3) is 0 Å². The minimum Gasteiger partial charge on any atom is -0.457 e. The number of hydrogen-bond donors (Lipinski definition) is 1. The molecular formula is C10H21N2O2+. The Kier molecular flexibility index (Phi) is 3.50. The van der Waals surface area contributed by atoms with E-state index in [2.05, 4.69) is 0 Å². The number of carbonyl (C=O) groups excluding carboxylic acids is 1. The van der Waals surface area contributed by atoms with E-state index in [1.165, 1.54) is 0 Å². The lowest BCUT2D eigenvalue weighted by Gasteiger charge is -2.29. The van der Waals surface area contributed by atoms with Gasteiger partial charge in [-0.1, -0.05) is 0 Å². The van der Waals surface area contributed by atoms with E-state index < -0.39 is 6.17 Å². The predicted molar refractivity (Wildman–Crippen MR) is 54.4 cm³/mol. The van der Waals surface area contributed by atoms with Crippen molar-refractivity contribution in [1.29, 1.82) is 0 Å². The monoisotopic (exact) mass is 201 g/mol. The van der Waals surface area contributed by atoms with Gasteiger partial charge in [-0.05, 0) is 25.7 Å². The fourth-order valence-electron chi connectivity index (χ4n) is 1.56. The van der Waals surface area contributed by atoms with Crippen LogP contribution in [0.1, 0.15) is 25.7 Å². The summed E-state index contributed by atoms with van der Waals surface area (Å²) in [7, 11) is 5.67. The molecule has 4 heteroatoms. The maximum Gasteiger partial charge on any atom is 0.381 e. The number of quaternary nitrogens is 1. The van der Waals surface area contributed by atoms with Crippen LogP contribution in [0.4, 0.5) is 0 Å². The first kappa shape index (κ1) is 11.5. The molecule has 1 atom stereocenters. The van der Waals surface area contributed by atoms with Crippen molar-refractivity contribution in [2.24, 2.45) is 5.73 Å². The minimum atomic E-state index is -0.574. The summed E-state index contributed by atoms with van der Waals surface area (Å²) in [5.41, 5.74) is 5.77. The van der Waals surface area contributed by atoms with Crippen molar-refractivity contribution in [1.82, 2.24) is 0 Å². The third-order valence-corrected chi connectivity index (χ3v) is 2.66. The lowest BCUT2D eigenvalue weighted by atomic mass is 10.3. The Morgan fingerprint density at radius 1 is 1.36 bits per heavy atom. The Morgan fingerprint density at radius 2 is 1.86 bits per heavy atom. The van der Waals surface area contributed by atoms with E-state index in [9.17, 15) is 4.79 Å². The zero-order valence-electron chi connectivity index (χ0n) is 9.32. The molecule has 0 heterocycles. The van der Waals surface area contributed by atoms with Crippen molar-refractivity contribution in [3.8, 4) is 0 Å². The summed E-state index contributed by atoms with van der Waals surface area (Å²) in [5.74, 6) is -0.274. The number of likely N-dealkylation sites (N-methyl/N-ethyl adjacent to an activating group) is 1. The van der Waals surface area contributed by atoms with Crippen LogP contribution in [0, 0.1) is 0 Å². The zero-order valence-corrected chi connectivity index (χ0v) is 9.32. The largest absolute Gasteiger partial charge is 0.457 e. The normalized spacial score (nSPS) is 20.9. The third-order valence-electron chi connectivity index (χ3n) is 2.66. The number of ether oxygens (including phenoxy) is 1. The van der Waals surface area contributed by atoms with Gasteiger partial charge in [0.05, 0.1) is 21.1 Å². The van der Waals surface area contributed by atoms with Crippen LogP contribution >= 0.6 is 0 Å². The second kappa shape index (κ2) is 4.28. The first-order chi connectivity index (χ1) is 6.41. The quantitative estimate of drug-likeness (QED) is 0.410. The summed E-state index contributed by atoms with van der Waals surface area (Å²) in [4.78, 5) is 11.6. The molecule has 1 saturated carbocycles. The van der Waals surface area contributed by atoms with Crippen LogP contribution < -0.4 is 5.73 Å². The van der Waals surface area contributed by atoms with Crippen LogP contribution in [-0.2, 0) is 9.53 Å². The topological polar surface area (TPSA) is 52.3 Å². The highest BCUT2D eigenvalue weighted by molar-refractivity contribution is 5.73. The first-order valence-corrected chi connectivity index (χ1v) is 5.18. The van der Waals surface area contributed by atoms with Crippen molar-refractivity contribution in [3.05, 3.63) is 0 Å². The molecule has 0 aromatic carbocycles. The van der Waals surface area contributed by atoms with Crippen LogP contribution in [0.3, 0.4) is 0 Å². The summed E-state index contributed by atoms with van der Waals surface area (Å²) in [6.45, 7) is 0. The van der Waals surface area contributed by atoms with Crippen LogP contribution in [0.15, 0.2) is 0 Å². The fourth-order valence-corrected chi connectivity index (χ4v) is 1.56. The molecule has 0 aromatic heterocycles. The first-order valence-electron chi connectivity index (χ1n) is 5.18. The standard InChI is InChI=1S/C10H21N2O2/c1-12(2,3)9(11)10(13)14-8-6-4-5-7-8/h8-9H,4-7,11H2,1-3H3/q+1. The molecule has 0 spiro atoms. The average Bonchev–Trinajstić information content (AvgIpc) is 2.53. The molecule has 82 valence electrons. The van der Waals surface area contributed by atoms with Gasteiger partial charge in [0.15, 0.2) is 0 Å². The van der Waals surface area contributed by atoms with Crippen molar-refractivity contribution in [2.45, 2.75) is 38.0 Å². The molecule has 4 nitrogen and oxygen atoms in total. The molecule has 1 unspecified atom stereocenters. The molecular weight excluding hydrogens is 180 g/mol. The zero-order chi connectivity index (χ0) is 10.8. The Hall–Kier alpha value is -0.610. The molecule has 0 amide bonds. The second-order valence-corrected chi connectivity index (χ2v) is 4.90. The maximum absolute atomic E-state index is 11.6. The van der Waals surface area contributed by atoms with Crippen molar-refractivity contribution < 1.29 is 14.0 Å². The van der Waals surface area contributed by atoms with Gasteiger partial charge in [-0.15, -0.1) is 0 Å². The summed E-state index contributed by atoms with van der Waals surface area (Å²) in [5, 5.41) is 0. The highest BCUT2D eigenvalue weighted by Crippen LogP contribution is 2.21. The average molecular weight is 201 g/mol. The highest BCUT2D eigenvalue weighted by atomic mass is 16.5. The van der Waals surface area contributed by atoms with Gasteiger partial charge in [0.2, 0.25) is 6.17 Å². The highest BCUT2D eigenvalue weighted by Gasteiger charge is 2.31. The van der Waals surface area contributed by atoms with E-state index >= 15 is 0 Å². The molecule has 1 aliphatic rings. The van der Waals surface area contributed by atoms with Gasteiger partial charge in [-0.2, -0.15) is 0 Å². The number of hydrogen-bond acceptors (Lipinski definition) is 3. The molecule has 0 aliphatic heterocycles. The smallest absolute Gasteiger partial charge is 0.381 e. The van der Waals surface area contributed by atoms with Crippen LogP contribution in [-0.4, -0.2) is 43.9 Å². The van der Waals surface area contributed by atoms with E-state index in [0.717, 1.165) is 25.7 Å².